The van der Waals surface area contributed by atoms with E-state index in [9.17, 15) is 19.2 Å². The highest BCUT2D eigenvalue weighted by Crippen LogP contribution is 2.33. The Morgan fingerprint density at radius 3 is 2.04 bits per heavy atom. The molecule has 3 N–H and O–H groups in total. The van der Waals surface area contributed by atoms with Crippen LogP contribution >= 0.6 is 0 Å². The summed E-state index contributed by atoms with van der Waals surface area (Å²) in [7, 11) is 0. The molecule has 0 aromatic heterocycles. The maximum absolute atomic E-state index is 15.2. The van der Waals surface area contributed by atoms with Crippen LogP contribution in [0.5, 0.6) is 11.5 Å². The van der Waals surface area contributed by atoms with E-state index in [1.165, 1.54) is 6.92 Å². The molecule has 2 aliphatic rings. The molecule has 15 nitrogen and oxygen atoms in total. The number of imide groups is 1. The molecule has 15 heteroatoms. The normalized spacial score (nSPS) is 17.5. The van der Waals surface area contributed by atoms with Crippen molar-refractivity contribution < 1.29 is 52.2 Å². The fraction of sp³-hybridized carbons (Fsp3) is 0.500. The van der Waals surface area contributed by atoms with Crippen LogP contribution in [0, 0.1) is 24.2 Å². The van der Waals surface area contributed by atoms with E-state index in [1.54, 1.807) is 25.1 Å². The number of aryl methyl sites for hydroxylation is 1. The molecular weight excluding hydrogens is 855 g/mol. The zero-order chi connectivity index (χ0) is 48.6. The fourth-order valence-electron chi connectivity index (χ4n) is 8.13. The minimum atomic E-state index is -1.35. The molecule has 67 heavy (non-hydrogen) atoms. The van der Waals surface area contributed by atoms with Gasteiger partial charge >= 0.3 is 5.97 Å². The van der Waals surface area contributed by atoms with Gasteiger partial charge in [-0.2, -0.15) is 0 Å². The van der Waals surface area contributed by atoms with E-state index in [0.717, 1.165) is 28.0 Å². The Morgan fingerprint density at radius 2 is 1.45 bits per heavy atom. The lowest BCUT2D eigenvalue weighted by atomic mass is 9.98. The van der Waals surface area contributed by atoms with Gasteiger partial charge in [0.1, 0.15) is 44.4 Å². The topological polar surface area (TPSA) is 182 Å². The first-order chi connectivity index (χ1) is 32.0. The van der Waals surface area contributed by atoms with Crippen molar-refractivity contribution in [1.29, 1.82) is 0 Å². The van der Waals surface area contributed by atoms with Crippen LogP contribution in [0.3, 0.4) is 0 Å². The zero-order valence-electron chi connectivity index (χ0n) is 39.8. The molecule has 0 spiro atoms. The molecule has 5 amide bonds. The number of hydrogen-bond acceptors (Lipinski definition) is 10. The predicted molar refractivity (Wildman–Crippen MR) is 252 cm³/mol. The van der Waals surface area contributed by atoms with Crippen LogP contribution in [-0.2, 0) is 57.6 Å². The number of hydrogen-bond donors (Lipinski definition) is 3. The summed E-state index contributed by atoms with van der Waals surface area (Å²) in [6.45, 7) is 12.8. The maximum Gasteiger partial charge on any atom is 0.308 e. The first kappa shape index (κ1) is 51.9. The lowest BCUT2D eigenvalue weighted by Gasteiger charge is -2.42. The van der Waals surface area contributed by atoms with E-state index in [4.69, 9.17) is 25.4 Å². The first-order valence-corrected chi connectivity index (χ1v) is 23.3. The quantitative estimate of drug-likeness (QED) is 0.0380. The number of terminal acetylenes is 1. The van der Waals surface area contributed by atoms with E-state index in [0.29, 0.717) is 51.7 Å². The van der Waals surface area contributed by atoms with Crippen molar-refractivity contribution in [2.24, 2.45) is 11.8 Å². The summed E-state index contributed by atoms with van der Waals surface area (Å²) in [5.74, 6) is -0.213. The third-order valence-electron chi connectivity index (χ3n) is 11.9. The minimum absolute atomic E-state index is 0.0465. The van der Waals surface area contributed by atoms with Gasteiger partial charge < -0.3 is 39.4 Å². The van der Waals surface area contributed by atoms with Crippen LogP contribution in [0.4, 0.5) is 0 Å². The molecule has 4 atom stereocenters. The molecule has 0 saturated carbocycles. The number of ether oxygens (including phenoxy) is 4. The van der Waals surface area contributed by atoms with Gasteiger partial charge in [-0.1, -0.05) is 94.3 Å². The molecule has 5 rings (SSSR count). The molecule has 0 bridgehead atoms. The number of benzene rings is 3. The number of morpholine rings is 1. The zero-order valence-corrected chi connectivity index (χ0v) is 39.8. The largest absolute Gasteiger partial charge is 0.477 e. The number of quaternary nitrogens is 1. The van der Waals surface area contributed by atoms with Gasteiger partial charge in [-0.05, 0) is 73.8 Å². The number of nitrogens with zero attached hydrogens (tertiary/aromatic N) is 2. The Morgan fingerprint density at radius 1 is 0.806 bits per heavy atom. The van der Waals surface area contributed by atoms with Crippen molar-refractivity contribution in [1.82, 2.24) is 20.9 Å². The van der Waals surface area contributed by atoms with E-state index in [1.807, 2.05) is 74.5 Å². The number of carbonyl (C=O) groups excluding carboxylic acids is 6. The maximum atomic E-state index is 15.2. The molecule has 2 saturated heterocycles. The van der Waals surface area contributed by atoms with Crippen molar-refractivity contribution >= 4 is 35.5 Å². The third kappa shape index (κ3) is 15.8. The SMILES string of the molecule is C#CCOc1cc(C[N+]2(CC(=O)N(C(=O)[C@@]3(C)CO3)[C@@H](CCc3ccccc3)C(=O)N[C@@H](CC(C)C)C(=O)N[C@@H](Cc3ccccc3)C(=O)NCCC(C)C)CCOCC2)ccc1OC(C)=O. The van der Waals surface area contributed by atoms with Gasteiger partial charge in [0.05, 0.1) is 19.8 Å². The Bertz CT molecular complexity index is 2200. The number of carbonyl (C=O) groups is 6. The van der Waals surface area contributed by atoms with Gasteiger partial charge in [0.25, 0.3) is 11.8 Å². The number of epoxide rings is 1. The average Bonchev–Trinajstić information content (AvgIpc) is 4.05. The average molecular weight is 923 g/mol. The molecule has 0 radical (unpaired) electrons. The highest BCUT2D eigenvalue weighted by atomic mass is 16.6. The van der Waals surface area contributed by atoms with Crippen molar-refractivity contribution in [2.45, 2.75) is 104 Å². The third-order valence-corrected chi connectivity index (χ3v) is 11.9. The van der Waals surface area contributed by atoms with Gasteiger partial charge in [-0.15, -0.1) is 6.42 Å². The minimum Gasteiger partial charge on any atom is -0.477 e. The number of nitrogens with one attached hydrogen (secondary N) is 3. The summed E-state index contributed by atoms with van der Waals surface area (Å²) in [6, 6.07) is 20.5. The second-order valence-electron chi connectivity index (χ2n) is 18.6. The lowest BCUT2D eigenvalue weighted by molar-refractivity contribution is -0.940. The Labute approximate surface area is 395 Å². The van der Waals surface area contributed by atoms with Crippen molar-refractivity contribution in [3.8, 4) is 23.8 Å². The van der Waals surface area contributed by atoms with E-state index >= 15 is 9.59 Å². The van der Waals surface area contributed by atoms with Crippen LogP contribution in [-0.4, -0.2) is 121 Å². The lowest BCUT2D eigenvalue weighted by Crippen LogP contribution is -2.64. The second-order valence-corrected chi connectivity index (χ2v) is 18.6. The van der Waals surface area contributed by atoms with E-state index in [2.05, 4.69) is 35.7 Å². The summed E-state index contributed by atoms with van der Waals surface area (Å²) in [5, 5.41) is 8.86. The number of rotatable bonds is 24. The molecule has 0 unspecified atom stereocenters. The second kappa shape index (κ2) is 24.6. The van der Waals surface area contributed by atoms with Gasteiger partial charge in [-0.25, -0.2) is 0 Å². The molecular formula is C52H68N5O10+. The first-order valence-electron chi connectivity index (χ1n) is 23.3. The molecule has 2 aliphatic heterocycles. The summed E-state index contributed by atoms with van der Waals surface area (Å²) < 4.78 is 22.7. The van der Waals surface area contributed by atoms with Crippen LogP contribution < -0.4 is 25.4 Å². The summed E-state index contributed by atoms with van der Waals surface area (Å²) in [6.07, 6.45) is 7.04. The summed E-state index contributed by atoms with van der Waals surface area (Å²) >= 11 is 0. The van der Waals surface area contributed by atoms with Gasteiger partial charge in [0.15, 0.2) is 23.6 Å². The number of amides is 5. The van der Waals surface area contributed by atoms with Crippen molar-refractivity contribution in [2.75, 3.05) is 52.6 Å². The highest BCUT2D eigenvalue weighted by Gasteiger charge is 2.54. The monoisotopic (exact) mass is 922 g/mol. The molecule has 2 heterocycles. The fourth-order valence-corrected chi connectivity index (χ4v) is 8.13. The Hall–Kier alpha value is -6.08. The van der Waals surface area contributed by atoms with Crippen molar-refractivity contribution in [3.05, 3.63) is 95.6 Å². The smallest absolute Gasteiger partial charge is 0.308 e. The Kier molecular flexibility index (Phi) is 19.1. The number of esters is 1. The molecule has 2 fully saturated rings. The van der Waals surface area contributed by atoms with Crippen LogP contribution in [0.25, 0.3) is 0 Å². The summed E-state index contributed by atoms with van der Waals surface area (Å²) in [5.41, 5.74) is 1.13. The van der Waals surface area contributed by atoms with Crippen molar-refractivity contribution in [3.63, 3.8) is 0 Å². The van der Waals surface area contributed by atoms with Gasteiger partial charge in [0, 0.05) is 25.5 Å². The van der Waals surface area contributed by atoms with Crippen LogP contribution in [0.1, 0.15) is 77.5 Å². The van der Waals surface area contributed by atoms with Crippen LogP contribution in [0.2, 0.25) is 0 Å². The van der Waals surface area contributed by atoms with E-state index in [-0.39, 0.29) is 66.8 Å². The van der Waals surface area contributed by atoms with Gasteiger partial charge in [-0.3, -0.25) is 33.7 Å². The Balaban J connectivity index is 1.48. The molecule has 3 aromatic rings. The van der Waals surface area contributed by atoms with E-state index < -0.39 is 53.3 Å². The standard InChI is InChI=1S/C52H67N5O10/c1-8-27-65-46-32-41(20-22-45(46)67-38(6)58)33-57(25-28-64-29-26-57)34-47(59)56(51(63)52(7)35-66-52)44(21-19-39-15-11-9-12-16-39)50(62)55-42(30-37(4)5)49(61)54-43(31-40-17-13-10-14-18-40)48(60)53-24-23-36(2)3/h1,9-18,20,22,32,36-37,42-44H,19,21,23-31,33-35H2,2-7H3,(H2-,53,54,55,60,61,62)/p+1/t42-,43-,44-,52+/m0/s1. The predicted octanol–water partition coefficient (Wildman–Crippen LogP) is 4.54. The molecule has 360 valence electrons. The molecule has 3 aromatic carbocycles. The van der Waals surface area contributed by atoms with Gasteiger partial charge in [0.2, 0.25) is 17.7 Å². The summed E-state index contributed by atoms with van der Waals surface area (Å²) in [4.78, 5) is 85.9. The van der Waals surface area contributed by atoms with Crippen LogP contribution in [0.15, 0.2) is 78.9 Å². The molecule has 0 aliphatic carbocycles. The highest BCUT2D eigenvalue weighted by molar-refractivity contribution is 6.05.